The highest BCUT2D eigenvalue weighted by molar-refractivity contribution is 7.10. The predicted molar refractivity (Wildman–Crippen MR) is 65.0 cm³/mol. The molecule has 2 rings (SSSR count). The summed E-state index contributed by atoms with van der Waals surface area (Å²) in [5.41, 5.74) is 0. The number of thiophene rings is 1. The summed E-state index contributed by atoms with van der Waals surface area (Å²) in [6, 6.07) is 1.98. The monoisotopic (exact) mass is 259 g/mol. The van der Waals surface area contributed by atoms with E-state index >= 15 is 0 Å². The Kier molecular flexibility index (Phi) is 3.84. The summed E-state index contributed by atoms with van der Waals surface area (Å²) >= 11 is 7.52. The van der Waals surface area contributed by atoms with Gasteiger partial charge in [0, 0.05) is 16.8 Å². The molecule has 1 N–H and O–H groups in total. The highest BCUT2D eigenvalue weighted by Gasteiger charge is 2.24. The Morgan fingerprint density at radius 3 is 2.75 bits per heavy atom. The Bertz CT molecular complexity index is 372. The van der Waals surface area contributed by atoms with E-state index in [2.05, 4.69) is 4.90 Å². The molecule has 5 heteroatoms. The fraction of sp³-hybridized carbons (Fsp3) is 0.545. The molecule has 3 nitrogen and oxygen atoms in total. The van der Waals surface area contributed by atoms with Gasteiger partial charge in [0.2, 0.25) is 0 Å². The van der Waals surface area contributed by atoms with Crippen LogP contribution in [-0.4, -0.2) is 29.1 Å². The van der Waals surface area contributed by atoms with E-state index in [1.54, 1.807) is 11.3 Å². The van der Waals surface area contributed by atoms with Crippen molar-refractivity contribution in [3.05, 3.63) is 21.3 Å². The van der Waals surface area contributed by atoms with Crippen LogP contribution in [0.2, 0.25) is 5.02 Å². The smallest absolute Gasteiger partial charge is 0.306 e. The Labute approximate surface area is 104 Å². The van der Waals surface area contributed by atoms with Crippen molar-refractivity contribution < 1.29 is 9.90 Å². The second kappa shape index (κ2) is 5.17. The lowest BCUT2D eigenvalue weighted by molar-refractivity contribution is -0.143. The van der Waals surface area contributed by atoms with Crippen LogP contribution in [0.15, 0.2) is 11.4 Å². The number of likely N-dealkylation sites (tertiary alicyclic amines) is 1. The van der Waals surface area contributed by atoms with Crippen molar-refractivity contribution in [2.75, 3.05) is 13.1 Å². The molecule has 2 heterocycles. The molecule has 0 aromatic carbocycles. The molecule has 0 bridgehead atoms. The fourth-order valence-electron chi connectivity index (χ4n) is 2.00. The number of carboxylic acids is 1. The molecule has 1 saturated heterocycles. The number of aliphatic carboxylic acids is 1. The van der Waals surface area contributed by atoms with Crippen LogP contribution in [0, 0.1) is 5.92 Å². The van der Waals surface area contributed by atoms with Gasteiger partial charge in [-0.05, 0) is 32.0 Å². The van der Waals surface area contributed by atoms with Crippen molar-refractivity contribution in [3.8, 4) is 0 Å². The average molecular weight is 260 g/mol. The maximum absolute atomic E-state index is 10.8. The molecule has 1 aromatic heterocycles. The largest absolute Gasteiger partial charge is 0.481 e. The summed E-state index contributed by atoms with van der Waals surface area (Å²) in [6.45, 7) is 2.63. The summed E-state index contributed by atoms with van der Waals surface area (Å²) in [7, 11) is 0. The number of halogens is 1. The standard InChI is InChI=1S/C11H14ClNO2S/c12-9-5-10(16-7-9)6-13-3-1-8(2-4-13)11(14)15/h5,7-8H,1-4,6H2,(H,14,15). The van der Waals surface area contributed by atoms with Crippen molar-refractivity contribution in [1.29, 1.82) is 0 Å². The third-order valence-corrected chi connectivity index (χ3v) is 4.21. The fourth-order valence-corrected chi connectivity index (χ4v) is 3.11. The zero-order chi connectivity index (χ0) is 11.5. The number of hydrogen-bond acceptors (Lipinski definition) is 3. The first kappa shape index (κ1) is 11.9. The maximum atomic E-state index is 10.8. The highest BCUT2D eigenvalue weighted by Crippen LogP contribution is 2.23. The Balaban J connectivity index is 1.83. The van der Waals surface area contributed by atoms with Crippen LogP contribution < -0.4 is 0 Å². The number of carboxylic acid groups (broad SMARTS) is 1. The molecule has 0 radical (unpaired) electrons. The molecular formula is C11H14ClNO2S. The van der Waals surface area contributed by atoms with Gasteiger partial charge in [-0.3, -0.25) is 9.69 Å². The molecular weight excluding hydrogens is 246 g/mol. The summed E-state index contributed by atoms with van der Waals surface area (Å²) in [5.74, 6) is -0.804. The van der Waals surface area contributed by atoms with Gasteiger partial charge in [0.25, 0.3) is 0 Å². The summed E-state index contributed by atoms with van der Waals surface area (Å²) in [6.07, 6.45) is 1.52. The van der Waals surface area contributed by atoms with E-state index < -0.39 is 5.97 Å². The molecule has 0 saturated carbocycles. The highest BCUT2D eigenvalue weighted by atomic mass is 35.5. The van der Waals surface area contributed by atoms with Gasteiger partial charge < -0.3 is 5.11 Å². The molecule has 0 unspecified atom stereocenters. The molecule has 1 aliphatic rings. The van der Waals surface area contributed by atoms with Crippen molar-refractivity contribution >= 4 is 28.9 Å². The third kappa shape index (κ3) is 2.97. The van der Waals surface area contributed by atoms with Gasteiger partial charge in [-0.1, -0.05) is 11.6 Å². The van der Waals surface area contributed by atoms with E-state index in [4.69, 9.17) is 16.7 Å². The number of nitrogens with zero attached hydrogens (tertiary/aromatic N) is 1. The molecule has 0 spiro atoms. The minimum atomic E-state index is -0.654. The molecule has 0 amide bonds. The first-order valence-corrected chi connectivity index (χ1v) is 6.59. The number of carbonyl (C=O) groups is 1. The third-order valence-electron chi connectivity index (χ3n) is 2.94. The van der Waals surface area contributed by atoms with E-state index in [0.29, 0.717) is 0 Å². The van der Waals surface area contributed by atoms with Gasteiger partial charge in [0.15, 0.2) is 0 Å². The van der Waals surface area contributed by atoms with E-state index in [-0.39, 0.29) is 5.92 Å². The second-order valence-electron chi connectivity index (χ2n) is 4.12. The Hall–Kier alpha value is -0.580. The Morgan fingerprint density at radius 2 is 2.25 bits per heavy atom. The van der Waals surface area contributed by atoms with Crippen LogP contribution in [0.5, 0.6) is 0 Å². The van der Waals surface area contributed by atoms with Crippen molar-refractivity contribution in [3.63, 3.8) is 0 Å². The lowest BCUT2D eigenvalue weighted by Crippen LogP contribution is -2.35. The molecule has 16 heavy (non-hydrogen) atoms. The average Bonchev–Trinajstić information content (AvgIpc) is 2.65. The van der Waals surface area contributed by atoms with Crippen molar-refractivity contribution in [1.82, 2.24) is 4.90 Å². The van der Waals surface area contributed by atoms with E-state index in [9.17, 15) is 4.79 Å². The minimum absolute atomic E-state index is 0.150. The molecule has 1 aromatic rings. The summed E-state index contributed by atoms with van der Waals surface area (Å²) < 4.78 is 0. The Morgan fingerprint density at radius 1 is 1.56 bits per heavy atom. The quantitative estimate of drug-likeness (QED) is 0.907. The zero-order valence-corrected chi connectivity index (χ0v) is 10.4. The van der Waals surface area contributed by atoms with Gasteiger partial charge in [0.05, 0.1) is 10.9 Å². The predicted octanol–water partition coefficient (Wildman–Crippen LogP) is 2.70. The molecule has 88 valence electrons. The molecule has 0 aliphatic carbocycles. The maximum Gasteiger partial charge on any atom is 0.306 e. The first-order valence-electron chi connectivity index (χ1n) is 5.33. The van der Waals surface area contributed by atoms with Gasteiger partial charge in [-0.25, -0.2) is 0 Å². The van der Waals surface area contributed by atoms with Gasteiger partial charge in [-0.15, -0.1) is 11.3 Å². The van der Waals surface area contributed by atoms with Crippen LogP contribution in [0.1, 0.15) is 17.7 Å². The first-order chi connectivity index (χ1) is 7.65. The summed E-state index contributed by atoms with van der Waals surface area (Å²) in [5, 5.41) is 11.6. The van der Waals surface area contributed by atoms with Crippen LogP contribution >= 0.6 is 22.9 Å². The SMILES string of the molecule is O=C(O)C1CCN(Cc2cc(Cl)cs2)CC1. The van der Waals surface area contributed by atoms with Gasteiger partial charge >= 0.3 is 5.97 Å². The van der Waals surface area contributed by atoms with Crippen molar-refractivity contribution in [2.45, 2.75) is 19.4 Å². The normalized spacial score (nSPS) is 18.8. The molecule has 1 aliphatic heterocycles. The molecule has 0 atom stereocenters. The van der Waals surface area contributed by atoms with Gasteiger partial charge in [0.1, 0.15) is 0 Å². The van der Waals surface area contributed by atoms with Crippen molar-refractivity contribution in [2.24, 2.45) is 5.92 Å². The zero-order valence-electron chi connectivity index (χ0n) is 8.86. The minimum Gasteiger partial charge on any atom is -0.481 e. The van der Waals surface area contributed by atoms with Crippen LogP contribution in [0.4, 0.5) is 0 Å². The lowest BCUT2D eigenvalue weighted by atomic mass is 9.97. The number of rotatable bonds is 3. The van der Waals surface area contributed by atoms with E-state index in [0.717, 1.165) is 37.5 Å². The van der Waals surface area contributed by atoms with E-state index in [1.807, 2.05) is 11.4 Å². The summed E-state index contributed by atoms with van der Waals surface area (Å²) in [4.78, 5) is 14.3. The number of piperidine rings is 1. The lowest BCUT2D eigenvalue weighted by Gasteiger charge is -2.29. The van der Waals surface area contributed by atoms with E-state index in [1.165, 1.54) is 4.88 Å². The van der Waals surface area contributed by atoms with Gasteiger partial charge in [-0.2, -0.15) is 0 Å². The second-order valence-corrected chi connectivity index (χ2v) is 5.55. The topological polar surface area (TPSA) is 40.5 Å². The van der Waals surface area contributed by atoms with Crippen LogP contribution in [0.25, 0.3) is 0 Å². The van der Waals surface area contributed by atoms with Crippen LogP contribution in [0.3, 0.4) is 0 Å². The number of hydrogen-bond donors (Lipinski definition) is 1. The molecule has 1 fully saturated rings. The van der Waals surface area contributed by atoms with Crippen LogP contribution in [-0.2, 0) is 11.3 Å².